The molecule has 5 nitrogen and oxygen atoms in total. The number of rotatable bonds is 6. The van der Waals surface area contributed by atoms with Gasteiger partial charge in [0.1, 0.15) is 0 Å². The van der Waals surface area contributed by atoms with Crippen LogP contribution in [0.15, 0.2) is 30.7 Å². The molecule has 18 heavy (non-hydrogen) atoms. The van der Waals surface area contributed by atoms with Crippen LogP contribution in [-0.4, -0.2) is 35.0 Å². The fourth-order valence-corrected chi connectivity index (χ4v) is 1.70. The number of hydrogen-bond donors (Lipinski definition) is 1. The molecule has 0 radical (unpaired) electrons. The van der Waals surface area contributed by atoms with Gasteiger partial charge in [0.05, 0.1) is 12.8 Å². The third-order valence-electron chi connectivity index (χ3n) is 2.59. The number of pyridine rings is 1. The first-order chi connectivity index (χ1) is 8.81. The maximum Gasteiger partial charge on any atom is 0.157 e. The van der Waals surface area contributed by atoms with Gasteiger partial charge in [0.2, 0.25) is 0 Å². The highest BCUT2D eigenvalue weighted by Crippen LogP contribution is 2.10. The first-order valence-corrected chi connectivity index (χ1v) is 5.96. The van der Waals surface area contributed by atoms with Crippen molar-refractivity contribution in [2.24, 2.45) is 0 Å². The highest BCUT2D eigenvalue weighted by Gasteiger charge is 2.06. The molecule has 0 fully saturated rings. The molecule has 0 spiro atoms. The Bertz CT molecular complexity index is 495. The Morgan fingerprint density at radius 1 is 1.44 bits per heavy atom. The Balaban J connectivity index is 2.10. The van der Waals surface area contributed by atoms with Crippen molar-refractivity contribution in [1.82, 2.24) is 20.1 Å². The summed E-state index contributed by atoms with van der Waals surface area (Å²) in [4.78, 5) is 4.39. The van der Waals surface area contributed by atoms with Crippen LogP contribution < -0.4 is 5.32 Å². The Morgan fingerprint density at radius 2 is 2.33 bits per heavy atom. The quantitative estimate of drug-likeness (QED) is 0.781. The lowest BCUT2D eigenvalue weighted by Gasteiger charge is -2.09. The molecule has 2 aromatic rings. The van der Waals surface area contributed by atoms with Crippen LogP contribution in [0, 0.1) is 6.92 Å². The maximum atomic E-state index is 5.00. The molecule has 0 saturated carbocycles. The molecule has 2 rings (SSSR count). The number of hydrogen-bond acceptors (Lipinski definition) is 4. The van der Waals surface area contributed by atoms with Crippen molar-refractivity contribution in [3.05, 3.63) is 41.9 Å². The van der Waals surface area contributed by atoms with Gasteiger partial charge in [0, 0.05) is 38.2 Å². The van der Waals surface area contributed by atoms with Crippen LogP contribution in [0.25, 0.3) is 5.82 Å². The van der Waals surface area contributed by atoms with Crippen molar-refractivity contribution in [3.63, 3.8) is 0 Å². The van der Waals surface area contributed by atoms with Crippen LogP contribution in [0.1, 0.15) is 11.1 Å². The standard InChI is InChI=1S/C13H18N4O/c1-11-8-16-17(10-11)13-12(4-3-5-15-13)9-14-6-7-18-2/h3-5,8,10,14H,6-7,9H2,1-2H3. The van der Waals surface area contributed by atoms with Gasteiger partial charge in [-0.1, -0.05) is 6.07 Å². The number of methoxy groups -OCH3 is 1. The minimum atomic E-state index is 0.705. The largest absolute Gasteiger partial charge is 0.383 e. The molecule has 0 aliphatic heterocycles. The Morgan fingerprint density at radius 3 is 3.06 bits per heavy atom. The average molecular weight is 246 g/mol. The third kappa shape index (κ3) is 3.15. The fourth-order valence-electron chi connectivity index (χ4n) is 1.70. The van der Waals surface area contributed by atoms with E-state index in [0.29, 0.717) is 6.61 Å². The summed E-state index contributed by atoms with van der Waals surface area (Å²) >= 11 is 0. The van der Waals surface area contributed by atoms with Gasteiger partial charge in [-0.25, -0.2) is 9.67 Å². The van der Waals surface area contributed by atoms with Crippen LogP contribution in [-0.2, 0) is 11.3 Å². The van der Waals surface area contributed by atoms with E-state index in [1.807, 2.05) is 30.1 Å². The topological polar surface area (TPSA) is 52.0 Å². The lowest BCUT2D eigenvalue weighted by atomic mass is 10.2. The van der Waals surface area contributed by atoms with E-state index in [0.717, 1.165) is 30.0 Å². The third-order valence-corrected chi connectivity index (χ3v) is 2.59. The second-order valence-corrected chi connectivity index (χ2v) is 4.12. The molecule has 0 bridgehead atoms. The molecule has 0 amide bonds. The first-order valence-electron chi connectivity index (χ1n) is 5.96. The monoisotopic (exact) mass is 246 g/mol. The Kier molecular flexibility index (Phi) is 4.44. The molecule has 0 unspecified atom stereocenters. The van der Waals surface area contributed by atoms with Gasteiger partial charge in [-0.15, -0.1) is 0 Å². The molecule has 2 heterocycles. The van der Waals surface area contributed by atoms with Crippen molar-refractivity contribution in [2.75, 3.05) is 20.3 Å². The predicted molar refractivity (Wildman–Crippen MR) is 69.7 cm³/mol. The number of aromatic nitrogens is 3. The van der Waals surface area contributed by atoms with Crippen molar-refractivity contribution >= 4 is 0 Å². The van der Waals surface area contributed by atoms with Crippen molar-refractivity contribution in [2.45, 2.75) is 13.5 Å². The second kappa shape index (κ2) is 6.28. The van der Waals surface area contributed by atoms with Gasteiger partial charge in [0.15, 0.2) is 5.82 Å². The van der Waals surface area contributed by atoms with Crippen LogP contribution in [0.4, 0.5) is 0 Å². The molecular weight excluding hydrogens is 228 g/mol. The predicted octanol–water partition coefficient (Wildman–Crippen LogP) is 1.31. The smallest absolute Gasteiger partial charge is 0.157 e. The summed E-state index contributed by atoms with van der Waals surface area (Å²) in [7, 11) is 1.70. The number of nitrogens with one attached hydrogen (secondary N) is 1. The minimum Gasteiger partial charge on any atom is -0.383 e. The molecule has 5 heteroatoms. The van der Waals surface area contributed by atoms with Gasteiger partial charge >= 0.3 is 0 Å². The summed E-state index contributed by atoms with van der Waals surface area (Å²) in [6.45, 7) is 4.30. The molecule has 96 valence electrons. The lowest BCUT2D eigenvalue weighted by molar-refractivity contribution is 0.199. The van der Waals surface area contributed by atoms with Crippen LogP contribution >= 0.6 is 0 Å². The number of ether oxygens (including phenoxy) is 1. The highest BCUT2D eigenvalue weighted by molar-refractivity contribution is 5.33. The Hall–Kier alpha value is -1.72. The number of aryl methyl sites for hydroxylation is 1. The summed E-state index contributed by atoms with van der Waals surface area (Å²) in [5.41, 5.74) is 2.25. The van der Waals surface area contributed by atoms with Crippen molar-refractivity contribution in [3.8, 4) is 5.82 Å². The molecule has 0 atom stereocenters. The van der Waals surface area contributed by atoms with Gasteiger partial charge < -0.3 is 10.1 Å². The highest BCUT2D eigenvalue weighted by atomic mass is 16.5. The van der Waals surface area contributed by atoms with Gasteiger partial charge in [-0.3, -0.25) is 0 Å². The van der Waals surface area contributed by atoms with Crippen LogP contribution in [0.3, 0.4) is 0 Å². The van der Waals surface area contributed by atoms with Gasteiger partial charge in [-0.05, 0) is 18.6 Å². The van der Waals surface area contributed by atoms with E-state index in [-0.39, 0.29) is 0 Å². The molecular formula is C13H18N4O. The number of nitrogens with zero attached hydrogens (tertiary/aromatic N) is 3. The lowest BCUT2D eigenvalue weighted by Crippen LogP contribution is -2.20. The van der Waals surface area contributed by atoms with E-state index in [1.165, 1.54) is 0 Å². The van der Waals surface area contributed by atoms with E-state index >= 15 is 0 Å². The zero-order valence-corrected chi connectivity index (χ0v) is 10.8. The summed E-state index contributed by atoms with van der Waals surface area (Å²) < 4.78 is 6.81. The first kappa shape index (κ1) is 12.7. The fraction of sp³-hybridized carbons (Fsp3) is 0.385. The van der Waals surface area contributed by atoms with Crippen LogP contribution in [0.2, 0.25) is 0 Å². The normalized spacial score (nSPS) is 10.8. The molecule has 0 saturated heterocycles. The molecule has 0 aliphatic carbocycles. The molecule has 1 N–H and O–H groups in total. The molecule has 0 aromatic carbocycles. The van der Waals surface area contributed by atoms with E-state index in [9.17, 15) is 0 Å². The van der Waals surface area contributed by atoms with Gasteiger partial charge in [-0.2, -0.15) is 5.10 Å². The molecule has 0 aliphatic rings. The zero-order chi connectivity index (χ0) is 12.8. The van der Waals surface area contributed by atoms with Crippen LogP contribution in [0.5, 0.6) is 0 Å². The Labute approximate surface area is 107 Å². The van der Waals surface area contributed by atoms with E-state index < -0.39 is 0 Å². The van der Waals surface area contributed by atoms with E-state index in [2.05, 4.69) is 21.5 Å². The summed E-state index contributed by atoms with van der Waals surface area (Å²) in [6.07, 6.45) is 5.59. The second-order valence-electron chi connectivity index (χ2n) is 4.12. The molecule has 2 aromatic heterocycles. The summed E-state index contributed by atoms with van der Waals surface area (Å²) in [6, 6.07) is 3.99. The SMILES string of the molecule is COCCNCc1cccnc1-n1cc(C)cn1. The van der Waals surface area contributed by atoms with Crippen molar-refractivity contribution in [1.29, 1.82) is 0 Å². The van der Waals surface area contributed by atoms with E-state index in [1.54, 1.807) is 13.3 Å². The zero-order valence-electron chi connectivity index (χ0n) is 10.8. The van der Waals surface area contributed by atoms with Gasteiger partial charge in [0.25, 0.3) is 0 Å². The summed E-state index contributed by atoms with van der Waals surface area (Å²) in [5, 5.41) is 7.61. The van der Waals surface area contributed by atoms with E-state index in [4.69, 9.17) is 4.74 Å². The maximum absolute atomic E-state index is 5.00. The minimum absolute atomic E-state index is 0.705. The average Bonchev–Trinajstić information content (AvgIpc) is 2.82. The summed E-state index contributed by atoms with van der Waals surface area (Å²) in [5.74, 6) is 0.871. The van der Waals surface area contributed by atoms with Crippen molar-refractivity contribution < 1.29 is 4.74 Å².